The molecule has 0 bridgehead atoms. The highest BCUT2D eigenvalue weighted by Crippen LogP contribution is 2.27. The van der Waals surface area contributed by atoms with E-state index in [9.17, 15) is 0 Å². The highest BCUT2D eigenvalue weighted by molar-refractivity contribution is 5.27. The van der Waals surface area contributed by atoms with Gasteiger partial charge in [-0.2, -0.15) is 0 Å². The van der Waals surface area contributed by atoms with Gasteiger partial charge in [0.1, 0.15) is 0 Å². The van der Waals surface area contributed by atoms with Crippen LogP contribution in [0.15, 0.2) is 36.5 Å². The Morgan fingerprint density at radius 1 is 1.21 bits per heavy atom. The second kappa shape index (κ2) is 7.34. The van der Waals surface area contributed by atoms with Crippen molar-refractivity contribution in [2.45, 2.75) is 32.6 Å². The molecule has 0 aromatic heterocycles. The molecule has 0 aliphatic carbocycles. The predicted molar refractivity (Wildman–Crippen MR) is 84.5 cm³/mol. The van der Waals surface area contributed by atoms with E-state index in [1.807, 2.05) is 13.2 Å². The Kier molecular flexibility index (Phi) is 6.10. The number of hydrogen-bond donors (Lipinski definition) is 1. The van der Waals surface area contributed by atoms with Crippen molar-refractivity contribution < 1.29 is 0 Å². The van der Waals surface area contributed by atoms with Crippen molar-refractivity contribution in [1.82, 2.24) is 10.2 Å². The molecule has 1 N–H and O–H groups in total. The molecule has 0 atom stereocenters. The van der Waals surface area contributed by atoms with Gasteiger partial charge in [-0.05, 0) is 44.1 Å². The van der Waals surface area contributed by atoms with Gasteiger partial charge in [-0.1, -0.05) is 49.8 Å². The summed E-state index contributed by atoms with van der Waals surface area (Å²) in [5.74, 6) is 0. The van der Waals surface area contributed by atoms with Gasteiger partial charge < -0.3 is 10.2 Å². The van der Waals surface area contributed by atoms with Crippen LogP contribution in [0.5, 0.6) is 0 Å². The predicted octanol–water partition coefficient (Wildman–Crippen LogP) is 3.33. The molecule has 0 aliphatic rings. The standard InChI is InChI=1S/C17H28N2/c1-15-7-9-16(10-8-15)17(2,3)11-14-19(5)13-6-12-18-4/h6-10,12,18H,11,13-14H2,1-5H3/b12-6-. The number of nitrogens with one attached hydrogen (secondary N) is 1. The summed E-state index contributed by atoms with van der Waals surface area (Å²) in [5.41, 5.74) is 2.99. The van der Waals surface area contributed by atoms with E-state index in [2.05, 4.69) is 68.4 Å². The first-order chi connectivity index (χ1) is 8.95. The van der Waals surface area contributed by atoms with Crippen LogP contribution < -0.4 is 5.32 Å². The molecule has 0 amide bonds. The minimum Gasteiger partial charge on any atom is -0.394 e. The molecule has 0 fully saturated rings. The molecule has 19 heavy (non-hydrogen) atoms. The van der Waals surface area contributed by atoms with Crippen molar-refractivity contribution in [3.8, 4) is 0 Å². The third-order valence-electron chi connectivity index (χ3n) is 3.65. The van der Waals surface area contributed by atoms with E-state index in [0.717, 1.165) is 13.1 Å². The molecule has 0 radical (unpaired) electrons. The molecule has 1 rings (SSSR count). The van der Waals surface area contributed by atoms with E-state index < -0.39 is 0 Å². The van der Waals surface area contributed by atoms with Crippen molar-refractivity contribution >= 4 is 0 Å². The zero-order valence-corrected chi connectivity index (χ0v) is 13.0. The first kappa shape index (κ1) is 15.8. The summed E-state index contributed by atoms with van der Waals surface area (Å²) < 4.78 is 0. The highest BCUT2D eigenvalue weighted by atomic mass is 15.1. The van der Waals surface area contributed by atoms with Crippen LogP contribution in [0.1, 0.15) is 31.4 Å². The van der Waals surface area contributed by atoms with Crippen LogP contribution in [0.2, 0.25) is 0 Å². The van der Waals surface area contributed by atoms with Gasteiger partial charge in [0.05, 0.1) is 0 Å². The molecular weight excluding hydrogens is 232 g/mol. The lowest BCUT2D eigenvalue weighted by Crippen LogP contribution is -2.27. The van der Waals surface area contributed by atoms with Gasteiger partial charge in [-0.15, -0.1) is 0 Å². The van der Waals surface area contributed by atoms with E-state index in [4.69, 9.17) is 0 Å². The average molecular weight is 260 g/mol. The first-order valence-corrected chi connectivity index (χ1v) is 7.03. The molecule has 0 saturated heterocycles. The van der Waals surface area contributed by atoms with Crippen molar-refractivity contribution in [3.63, 3.8) is 0 Å². The molecule has 1 aromatic carbocycles. The van der Waals surface area contributed by atoms with Crippen molar-refractivity contribution in [2.24, 2.45) is 0 Å². The lowest BCUT2D eigenvalue weighted by Gasteiger charge is -2.28. The number of aryl methyl sites for hydroxylation is 1. The summed E-state index contributed by atoms with van der Waals surface area (Å²) in [6.07, 6.45) is 5.31. The fourth-order valence-electron chi connectivity index (χ4n) is 2.06. The number of likely N-dealkylation sites (N-methyl/N-ethyl adjacent to an activating group) is 1. The number of benzene rings is 1. The molecular formula is C17H28N2. The summed E-state index contributed by atoms with van der Waals surface area (Å²) >= 11 is 0. The van der Waals surface area contributed by atoms with E-state index >= 15 is 0 Å². The third kappa shape index (κ3) is 5.48. The van der Waals surface area contributed by atoms with Crippen LogP contribution in [-0.4, -0.2) is 32.1 Å². The molecule has 0 aliphatic heterocycles. The summed E-state index contributed by atoms with van der Waals surface area (Å²) in [5, 5.41) is 3.02. The van der Waals surface area contributed by atoms with Gasteiger partial charge in [0, 0.05) is 13.6 Å². The Morgan fingerprint density at radius 2 is 1.84 bits per heavy atom. The van der Waals surface area contributed by atoms with Crippen molar-refractivity contribution in [3.05, 3.63) is 47.7 Å². The minimum absolute atomic E-state index is 0.231. The molecule has 1 aromatic rings. The average Bonchev–Trinajstić information content (AvgIpc) is 2.37. The fourth-order valence-corrected chi connectivity index (χ4v) is 2.06. The summed E-state index contributed by atoms with van der Waals surface area (Å²) in [7, 11) is 4.10. The number of nitrogens with zero attached hydrogens (tertiary/aromatic N) is 1. The van der Waals surface area contributed by atoms with Gasteiger partial charge in [-0.25, -0.2) is 0 Å². The zero-order chi connectivity index (χ0) is 14.3. The SMILES string of the molecule is CN/C=C\CN(C)CCC(C)(C)c1ccc(C)cc1. The maximum absolute atomic E-state index is 3.02. The second-order valence-corrected chi connectivity index (χ2v) is 5.95. The maximum atomic E-state index is 3.02. The highest BCUT2D eigenvalue weighted by Gasteiger charge is 2.20. The van der Waals surface area contributed by atoms with Gasteiger partial charge >= 0.3 is 0 Å². The number of hydrogen-bond acceptors (Lipinski definition) is 2. The van der Waals surface area contributed by atoms with Gasteiger partial charge in [0.15, 0.2) is 0 Å². The van der Waals surface area contributed by atoms with Crippen LogP contribution in [0.4, 0.5) is 0 Å². The van der Waals surface area contributed by atoms with Gasteiger partial charge in [0.2, 0.25) is 0 Å². The molecule has 0 unspecified atom stereocenters. The Labute approximate surface area is 118 Å². The molecule has 2 nitrogen and oxygen atoms in total. The van der Waals surface area contributed by atoms with Crippen LogP contribution in [0.3, 0.4) is 0 Å². The largest absolute Gasteiger partial charge is 0.394 e. The van der Waals surface area contributed by atoms with E-state index in [1.54, 1.807) is 0 Å². The topological polar surface area (TPSA) is 15.3 Å². The van der Waals surface area contributed by atoms with Crippen LogP contribution in [0, 0.1) is 6.92 Å². The molecule has 0 heterocycles. The van der Waals surface area contributed by atoms with Crippen LogP contribution >= 0.6 is 0 Å². The quantitative estimate of drug-likeness (QED) is 0.809. The minimum atomic E-state index is 0.231. The lowest BCUT2D eigenvalue weighted by molar-refractivity contribution is 0.318. The second-order valence-electron chi connectivity index (χ2n) is 5.95. The molecule has 0 spiro atoms. The molecule has 2 heteroatoms. The lowest BCUT2D eigenvalue weighted by atomic mass is 9.81. The molecule has 0 saturated carbocycles. The Bertz CT molecular complexity index is 390. The summed E-state index contributed by atoms with van der Waals surface area (Å²) in [4.78, 5) is 2.35. The smallest absolute Gasteiger partial charge is 0.0177 e. The zero-order valence-electron chi connectivity index (χ0n) is 13.0. The van der Waals surface area contributed by atoms with Crippen molar-refractivity contribution in [1.29, 1.82) is 0 Å². The summed E-state index contributed by atoms with van der Waals surface area (Å²) in [6.45, 7) is 8.89. The monoisotopic (exact) mass is 260 g/mol. The van der Waals surface area contributed by atoms with E-state index in [1.165, 1.54) is 17.5 Å². The third-order valence-corrected chi connectivity index (χ3v) is 3.65. The fraction of sp³-hybridized carbons (Fsp3) is 0.529. The van der Waals surface area contributed by atoms with E-state index in [-0.39, 0.29) is 5.41 Å². The first-order valence-electron chi connectivity index (χ1n) is 7.03. The van der Waals surface area contributed by atoms with Gasteiger partial charge in [0.25, 0.3) is 0 Å². The van der Waals surface area contributed by atoms with Crippen LogP contribution in [0.25, 0.3) is 0 Å². The molecule has 106 valence electrons. The van der Waals surface area contributed by atoms with Gasteiger partial charge in [-0.3, -0.25) is 0 Å². The van der Waals surface area contributed by atoms with Crippen molar-refractivity contribution in [2.75, 3.05) is 27.2 Å². The van der Waals surface area contributed by atoms with E-state index in [0.29, 0.717) is 0 Å². The Morgan fingerprint density at radius 3 is 2.42 bits per heavy atom. The normalized spacial score (nSPS) is 12.3. The number of rotatable bonds is 7. The summed E-state index contributed by atoms with van der Waals surface area (Å²) in [6, 6.07) is 8.93. The maximum Gasteiger partial charge on any atom is 0.0177 e. The Hall–Kier alpha value is -1.28. The van der Waals surface area contributed by atoms with Crippen LogP contribution in [-0.2, 0) is 5.41 Å². The Balaban J connectivity index is 2.50.